The third-order valence-electron chi connectivity index (χ3n) is 7.21. The van der Waals surface area contributed by atoms with Gasteiger partial charge in [-0.15, -0.1) is 0 Å². The molecule has 162 valence electrons. The van der Waals surface area contributed by atoms with Crippen LogP contribution in [0, 0.1) is 12.8 Å². The van der Waals surface area contributed by atoms with E-state index in [2.05, 4.69) is 46.3 Å². The van der Waals surface area contributed by atoms with Gasteiger partial charge >= 0.3 is 0 Å². The Balaban J connectivity index is 1.19. The molecule has 2 atom stereocenters. The molecule has 2 aliphatic rings. The summed E-state index contributed by atoms with van der Waals surface area (Å²) >= 11 is 0. The zero-order valence-electron chi connectivity index (χ0n) is 18.3. The maximum atomic E-state index is 12.9. The summed E-state index contributed by atoms with van der Waals surface area (Å²) in [5.41, 5.74) is 3.86. The number of pyridine rings is 1. The monoisotopic (exact) mass is 425 g/mol. The third-order valence-corrected chi connectivity index (χ3v) is 7.21. The van der Waals surface area contributed by atoms with Crippen LogP contribution >= 0.6 is 0 Å². The maximum absolute atomic E-state index is 12.9. The minimum atomic E-state index is 0.0667. The summed E-state index contributed by atoms with van der Waals surface area (Å²) in [4.78, 5) is 20.1. The van der Waals surface area contributed by atoms with Gasteiger partial charge in [0, 0.05) is 47.9 Å². The number of benzene rings is 2. The molecule has 2 aliphatic heterocycles. The van der Waals surface area contributed by atoms with Gasteiger partial charge in [0.1, 0.15) is 11.4 Å². The molecule has 0 bridgehead atoms. The van der Waals surface area contributed by atoms with Crippen LogP contribution in [0.1, 0.15) is 29.2 Å². The average molecular weight is 426 g/mol. The number of aromatic nitrogens is 2. The summed E-state index contributed by atoms with van der Waals surface area (Å²) < 4.78 is 7.82. The van der Waals surface area contributed by atoms with E-state index in [1.807, 2.05) is 25.1 Å². The van der Waals surface area contributed by atoms with Crippen LogP contribution in [-0.2, 0) is 6.42 Å². The predicted octanol–water partition coefficient (Wildman–Crippen LogP) is 4.20. The van der Waals surface area contributed by atoms with Crippen molar-refractivity contribution in [1.82, 2.24) is 14.3 Å². The number of hydrogen-bond donors (Lipinski definition) is 0. The number of fused-ring (bicyclic) bond motifs is 6. The van der Waals surface area contributed by atoms with Crippen LogP contribution in [0.3, 0.4) is 0 Å². The van der Waals surface area contributed by atoms with Gasteiger partial charge in [-0.2, -0.15) is 0 Å². The Morgan fingerprint density at radius 1 is 1.06 bits per heavy atom. The lowest BCUT2D eigenvalue weighted by Crippen LogP contribution is -2.26. The van der Waals surface area contributed by atoms with E-state index in [0.717, 1.165) is 56.1 Å². The minimum absolute atomic E-state index is 0.0667. The number of likely N-dealkylation sites (tertiary alicyclic amines) is 1. The van der Waals surface area contributed by atoms with Crippen molar-refractivity contribution in [2.45, 2.75) is 25.7 Å². The predicted molar refractivity (Wildman–Crippen MR) is 127 cm³/mol. The van der Waals surface area contributed by atoms with Crippen molar-refractivity contribution >= 4 is 16.4 Å². The van der Waals surface area contributed by atoms with Crippen molar-refractivity contribution < 1.29 is 4.74 Å². The fourth-order valence-electron chi connectivity index (χ4n) is 5.62. The van der Waals surface area contributed by atoms with Crippen LogP contribution in [-0.4, -0.2) is 40.5 Å². The van der Waals surface area contributed by atoms with Crippen molar-refractivity contribution in [2.75, 3.05) is 26.2 Å². The molecular weight excluding hydrogens is 398 g/mol. The molecule has 2 aromatic heterocycles. The van der Waals surface area contributed by atoms with Crippen LogP contribution in [0.15, 0.2) is 65.6 Å². The van der Waals surface area contributed by atoms with Crippen LogP contribution in [0.4, 0.5) is 0 Å². The van der Waals surface area contributed by atoms with Gasteiger partial charge in [-0.3, -0.25) is 9.20 Å². The van der Waals surface area contributed by atoms with Crippen LogP contribution < -0.4 is 10.3 Å². The summed E-state index contributed by atoms with van der Waals surface area (Å²) in [5.74, 6) is 2.10. The smallest absolute Gasteiger partial charge is 0.261 e. The highest BCUT2D eigenvalue weighted by Gasteiger charge is 2.39. The molecule has 0 unspecified atom stereocenters. The minimum Gasteiger partial charge on any atom is -0.493 e. The van der Waals surface area contributed by atoms with Gasteiger partial charge in [-0.25, -0.2) is 4.98 Å². The Kier molecular flexibility index (Phi) is 4.72. The zero-order valence-corrected chi connectivity index (χ0v) is 18.3. The lowest BCUT2D eigenvalue weighted by molar-refractivity contribution is 0.213. The van der Waals surface area contributed by atoms with Crippen molar-refractivity contribution in [3.05, 3.63) is 88.0 Å². The van der Waals surface area contributed by atoms with Gasteiger partial charge in [0.15, 0.2) is 0 Å². The van der Waals surface area contributed by atoms with E-state index in [0.29, 0.717) is 17.5 Å². The molecule has 1 fully saturated rings. The normalized spacial score (nSPS) is 20.3. The van der Waals surface area contributed by atoms with Gasteiger partial charge in [0.2, 0.25) is 0 Å². The Bertz CT molecular complexity index is 1380. The molecule has 4 aromatic rings. The van der Waals surface area contributed by atoms with Crippen LogP contribution in [0.5, 0.6) is 5.75 Å². The Morgan fingerprint density at radius 2 is 1.94 bits per heavy atom. The highest BCUT2D eigenvalue weighted by molar-refractivity contribution is 5.88. The van der Waals surface area contributed by atoms with Crippen LogP contribution in [0.25, 0.3) is 16.4 Å². The number of rotatable bonds is 4. The van der Waals surface area contributed by atoms with E-state index < -0.39 is 0 Å². The lowest BCUT2D eigenvalue weighted by atomic mass is 9.84. The van der Waals surface area contributed by atoms with E-state index in [-0.39, 0.29) is 5.56 Å². The van der Waals surface area contributed by atoms with Crippen molar-refractivity contribution in [3.8, 4) is 5.75 Å². The molecule has 0 saturated carbocycles. The Labute approximate surface area is 187 Å². The lowest BCUT2D eigenvalue weighted by Gasteiger charge is -2.29. The SMILES string of the molecule is Cc1nc2ccccn2c(=O)c1CCCN1C[C@@H]2COc3ccc4ccccc4c3[C@@H]2C1. The van der Waals surface area contributed by atoms with Gasteiger partial charge in [0.05, 0.1) is 6.61 Å². The van der Waals surface area contributed by atoms with Gasteiger partial charge in [-0.1, -0.05) is 36.4 Å². The molecule has 32 heavy (non-hydrogen) atoms. The largest absolute Gasteiger partial charge is 0.493 e. The van der Waals surface area contributed by atoms with Crippen molar-refractivity contribution in [3.63, 3.8) is 0 Å². The Hall–Kier alpha value is -3.18. The number of aryl methyl sites for hydroxylation is 1. The van der Waals surface area contributed by atoms with E-state index in [1.165, 1.54) is 16.3 Å². The molecule has 0 aliphatic carbocycles. The van der Waals surface area contributed by atoms with E-state index in [4.69, 9.17) is 4.74 Å². The molecule has 0 N–H and O–H groups in total. The number of hydrogen-bond acceptors (Lipinski definition) is 4. The first-order valence-corrected chi connectivity index (χ1v) is 11.5. The van der Waals surface area contributed by atoms with Gasteiger partial charge in [0.25, 0.3) is 5.56 Å². The fourth-order valence-corrected chi connectivity index (χ4v) is 5.62. The molecule has 2 aromatic carbocycles. The second-order valence-corrected chi connectivity index (χ2v) is 9.15. The number of ether oxygens (including phenoxy) is 1. The second kappa shape index (κ2) is 7.75. The van der Waals surface area contributed by atoms with Crippen molar-refractivity contribution in [2.24, 2.45) is 5.92 Å². The highest BCUT2D eigenvalue weighted by Crippen LogP contribution is 2.45. The second-order valence-electron chi connectivity index (χ2n) is 9.15. The molecule has 0 amide bonds. The molecule has 4 heterocycles. The topological polar surface area (TPSA) is 46.8 Å². The summed E-state index contributed by atoms with van der Waals surface area (Å²) in [6, 6.07) is 18.6. The summed E-state index contributed by atoms with van der Waals surface area (Å²) in [5, 5.41) is 2.61. The zero-order chi connectivity index (χ0) is 21.7. The summed E-state index contributed by atoms with van der Waals surface area (Å²) in [6.45, 7) is 5.85. The van der Waals surface area contributed by atoms with E-state index in [9.17, 15) is 4.79 Å². The van der Waals surface area contributed by atoms with Gasteiger partial charge < -0.3 is 9.64 Å². The summed E-state index contributed by atoms with van der Waals surface area (Å²) in [7, 11) is 0. The maximum Gasteiger partial charge on any atom is 0.261 e. The van der Waals surface area contributed by atoms with E-state index >= 15 is 0 Å². The molecule has 1 saturated heterocycles. The molecule has 0 radical (unpaired) electrons. The quantitative estimate of drug-likeness (QED) is 0.492. The summed E-state index contributed by atoms with van der Waals surface area (Å²) in [6.07, 6.45) is 3.53. The van der Waals surface area contributed by atoms with Crippen LogP contribution in [0.2, 0.25) is 0 Å². The molecule has 0 spiro atoms. The highest BCUT2D eigenvalue weighted by atomic mass is 16.5. The van der Waals surface area contributed by atoms with Crippen molar-refractivity contribution in [1.29, 1.82) is 0 Å². The first-order chi connectivity index (χ1) is 15.7. The first-order valence-electron chi connectivity index (χ1n) is 11.5. The number of nitrogens with zero attached hydrogens (tertiary/aromatic N) is 3. The molecule has 5 nitrogen and oxygen atoms in total. The molecular formula is C27H27N3O2. The average Bonchev–Trinajstić information content (AvgIpc) is 3.24. The van der Waals surface area contributed by atoms with E-state index in [1.54, 1.807) is 10.6 Å². The molecule has 5 heteroatoms. The van der Waals surface area contributed by atoms with Gasteiger partial charge in [-0.05, 0) is 55.3 Å². The standard InChI is InChI=1S/C27H27N3O2/c1-18-21(27(31)30-14-5-4-10-25(30)28-18)9-6-13-29-15-20-17-32-24-12-11-19-7-2-3-8-22(19)26(24)23(20)16-29/h2-5,7-8,10-12,14,20,23H,6,9,13,15-17H2,1H3/t20-,23-/m1/s1. The first kappa shape index (κ1) is 19.5. The fraction of sp³-hybridized carbons (Fsp3) is 0.333. The Morgan fingerprint density at radius 3 is 2.88 bits per heavy atom. The molecule has 6 rings (SSSR count). The third kappa shape index (κ3) is 3.19.